The number of carbonyl (C=O) groups is 1. The Kier molecular flexibility index (Phi) is 6.08. The van der Waals surface area contributed by atoms with Crippen molar-refractivity contribution >= 4 is 23.4 Å². The lowest BCUT2D eigenvalue weighted by molar-refractivity contribution is -0.115. The number of carbonyl (C=O) groups excluding carboxylic acids is 1. The second-order valence-electron chi connectivity index (χ2n) is 7.77. The van der Waals surface area contributed by atoms with Crippen molar-refractivity contribution < 1.29 is 9.53 Å². The van der Waals surface area contributed by atoms with E-state index in [2.05, 4.69) is 25.1 Å². The van der Waals surface area contributed by atoms with Crippen LogP contribution in [0.3, 0.4) is 0 Å². The third-order valence-electron chi connectivity index (χ3n) is 5.42. The Morgan fingerprint density at radius 1 is 1.06 bits per heavy atom. The van der Waals surface area contributed by atoms with Gasteiger partial charge in [0.1, 0.15) is 11.0 Å². The van der Waals surface area contributed by atoms with Gasteiger partial charge in [-0.15, -0.1) is 10.2 Å². The van der Waals surface area contributed by atoms with Crippen molar-refractivity contribution in [2.45, 2.75) is 29.3 Å². The number of nitrogens with zero attached hydrogens (tertiary/aromatic N) is 4. The smallest absolute Gasteiger partial charge is 0.242 e. The predicted molar refractivity (Wildman–Crippen MR) is 128 cm³/mol. The molecule has 0 saturated heterocycles. The fraction of sp³-hybridized carbons (Fsp3) is 0.200. The summed E-state index contributed by atoms with van der Waals surface area (Å²) in [4.78, 5) is 17.6. The molecule has 0 aliphatic heterocycles. The summed E-state index contributed by atoms with van der Waals surface area (Å²) in [5.41, 5.74) is 2.55. The first kappa shape index (κ1) is 21.2. The van der Waals surface area contributed by atoms with Gasteiger partial charge in [-0.1, -0.05) is 48.2 Å². The van der Waals surface area contributed by atoms with Crippen LogP contribution in [0.25, 0.3) is 11.4 Å². The number of nitrogens with one attached hydrogen (secondary N) is 1. The Hall–Kier alpha value is -3.65. The quantitative estimate of drug-likeness (QED) is 0.368. The molecule has 4 aromatic rings. The van der Waals surface area contributed by atoms with Crippen LogP contribution in [-0.4, -0.2) is 32.8 Å². The van der Waals surface area contributed by atoms with Gasteiger partial charge in [-0.3, -0.25) is 14.3 Å². The highest BCUT2D eigenvalue weighted by Gasteiger charge is 2.33. The van der Waals surface area contributed by atoms with Gasteiger partial charge in [0, 0.05) is 35.8 Å². The molecular weight excluding hydrogens is 434 g/mol. The number of benzene rings is 2. The minimum atomic E-state index is -0.496. The average Bonchev–Trinajstić information content (AvgIpc) is 3.62. The van der Waals surface area contributed by atoms with Gasteiger partial charge in [0.05, 0.1) is 7.11 Å². The molecular formula is C25H23N5O2S. The summed E-state index contributed by atoms with van der Waals surface area (Å²) >= 11 is 1.42. The molecule has 2 heterocycles. The minimum absolute atomic E-state index is 0.129. The van der Waals surface area contributed by atoms with Crippen LogP contribution in [0, 0.1) is 0 Å². The van der Waals surface area contributed by atoms with Gasteiger partial charge in [0.2, 0.25) is 5.91 Å². The average molecular weight is 458 g/mol. The largest absolute Gasteiger partial charge is 0.497 e. The van der Waals surface area contributed by atoms with Gasteiger partial charge >= 0.3 is 0 Å². The molecule has 7 nitrogen and oxygen atoms in total. The van der Waals surface area contributed by atoms with Crippen LogP contribution >= 0.6 is 11.8 Å². The van der Waals surface area contributed by atoms with Gasteiger partial charge < -0.3 is 10.1 Å². The van der Waals surface area contributed by atoms with Crippen LogP contribution in [0.2, 0.25) is 0 Å². The Morgan fingerprint density at radius 2 is 1.85 bits per heavy atom. The van der Waals surface area contributed by atoms with Gasteiger partial charge in [-0.25, -0.2) is 0 Å². The molecule has 1 amide bonds. The number of aromatic nitrogens is 4. The first-order valence-corrected chi connectivity index (χ1v) is 11.6. The highest BCUT2D eigenvalue weighted by molar-refractivity contribution is 8.00. The number of hydrogen-bond acceptors (Lipinski definition) is 6. The summed E-state index contributed by atoms with van der Waals surface area (Å²) in [6, 6.07) is 21.3. The van der Waals surface area contributed by atoms with E-state index in [1.807, 2.05) is 60.7 Å². The third kappa shape index (κ3) is 4.75. The van der Waals surface area contributed by atoms with Crippen molar-refractivity contribution in [3.8, 4) is 17.1 Å². The van der Waals surface area contributed by atoms with Crippen LogP contribution in [0.15, 0.2) is 84.3 Å². The second-order valence-corrected chi connectivity index (χ2v) is 8.85. The van der Waals surface area contributed by atoms with E-state index in [1.54, 1.807) is 25.6 Å². The van der Waals surface area contributed by atoms with Gasteiger partial charge in [0.15, 0.2) is 11.0 Å². The normalized spacial score (nSPS) is 14.0. The van der Waals surface area contributed by atoms with Gasteiger partial charge in [0.25, 0.3) is 0 Å². The SMILES string of the molecule is COc1cccc(NC(=O)C(Sc2nnc(-c3ccncc3)n2C2CC2)c2ccccc2)c1. The summed E-state index contributed by atoms with van der Waals surface area (Å²) in [6.07, 6.45) is 5.66. The van der Waals surface area contributed by atoms with Crippen LogP contribution < -0.4 is 10.1 Å². The fourth-order valence-electron chi connectivity index (χ4n) is 3.63. The van der Waals surface area contributed by atoms with Gasteiger partial charge in [-0.2, -0.15) is 0 Å². The standard InChI is InChI=1S/C25H23N5O2S/c1-32-21-9-5-8-19(16-21)27-24(31)22(17-6-3-2-4-7-17)33-25-29-28-23(30(25)20-10-11-20)18-12-14-26-15-13-18/h2-9,12-16,20,22H,10-11H2,1H3,(H,27,31). The molecule has 1 aliphatic carbocycles. The summed E-state index contributed by atoms with van der Waals surface area (Å²) < 4.78 is 7.45. The molecule has 0 bridgehead atoms. The highest BCUT2D eigenvalue weighted by atomic mass is 32.2. The lowest BCUT2D eigenvalue weighted by atomic mass is 10.1. The van der Waals surface area contributed by atoms with Crippen LogP contribution in [0.1, 0.15) is 29.7 Å². The maximum absolute atomic E-state index is 13.5. The number of methoxy groups -OCH3 is 1. The predicted octanol–water partition coefficient (Wildman–Crippen LogP) is 5.16. The summed E-state index contributed by atoms with van der Waals surface area (Å²) in [5, 5.41) is 12.2. The van der Waals surface area contributed by atoms with Crippen molar-refractivity contribution in [2.24, 2.45) is 0 Å². The van der Waals surface area contributed by atoms with Crippen molar-refractivity contribution in [1.82, 2.24) is 19.7 Å². The van der Waals surface area contributed by atoms with E-state index >= 15 is 0 Å². The van der Waals surface area contributed by atoms with Gasteiger partial charge in [-0.05, 0) is 42.7 Å². The fourth-order valence-corrected chi connectivity index (χ4v) is 4.74. The van der Waals surface area contributed by atoms with Crippen molar-refractivity contribution in [3.63, 3.8) is 0 Å². The second kappa shape index (κ2) is 9.46. The van der Waals surface area contributed by atoms with Crippen LogP contribution in [0.5, 0.6) is 5.75 Å². The number of hydrogen-bond donors (Lipinski definition) is 1. The topological polar surface area (TPSA) is 81.9 Å². The third-order valence-corrected chi connectivity index (χ3v) is 6.63. The van der Waals surface area contributed by atoms with E-state index in [0.717, 1.165) is 34.9 Å². The molecule has 0 spiro atoms. The molecule has 1 aliphatic rings. The monoisotopic (exact) mass is 457 g/mol. The zero-order chi connectivity index (χ0) is 22.6. The number of amides is 1. The Labute approximate surface area is 196 Å². The highest BCUT2D eigenvalue weighted by Crippen LogP contribution is 2.44. The number of thioether (sulfide) groups is 1. The van der Waals surface area contributed by atoms with Crippen molar-refractivity contribution in [3.05, 3.63) is 84.7 Å². The molecule has 1 unspecified atom stereocenters. The first-order chi connectivity index (χ1) is 16.2. The summed E-state index contributed by atoms with van der Waals surface area (Å²) in [7, 11) is 1.61. The van der Waals surface area contributed by atoms with Crippen molar-refractivity contribution in [2.75, 3.05) is 12.4 Å². The van der Waals surface area contributed by atoms with E-state index in [0.29, 0.717) is 17.5 Å². The molecule has 1 N–H and O–H groups in total. The number of pyridine rings is 1. The molecule has 166 valence electrons. The lowest BCUT2D eigenvalue weighted by Crippen LogP contribution is -2.19. The Morgan fingerprint density at radius 3 is 2.58 bits per heavy atom. The van der Waals surface area contributed by atoms with E-state index < -0.39 is 5.25 Å². The minimum Gasteiger partial charge on any atom is -0.497 e. The van der Waals surface area contributed by atoms with E-state index in [4.69, 9.17) is 4.74 Å². The maximum Gasteiger partial charge on any atom is 0.242 e. The molecule has 2 aromatic carbocycles. The Balaban J connectivity index is 1.47. The number of ether oxygens (including phenoxy) is 1. The van der Waals surface area contributed by atoms with Crippen molar-refractivity contribution in [1.29, 1.82) is 0 Å². The maximum atomic E-state index is 13.5. The molecule has 1 fully saturated rings. The zero-order valence-corrected chi connectivity index (χ0v) is 18.9. The lowest BCUT2D eigenvalue weighted by Gasteiger charge is -2.18. The molecule has 5 rings (SSSR count). The molecule has 2 aromatic heterocycles. The summed E-state index contributed by atoms with van der Waals surface area (Å²) in [6.45, 7) is 0. The first-order valence-electron chi connectivity index (χ1n) is 10.7. The molecule has 1 atom stereocenters. The molecule has 8 heteroatoms. The molecule has 1 saturated carbocycles. The number of rotatable bonds is 8. The van der Waals surface area contributed by atoms with E-state index in [-0.39, 0.29) is 5.91 Å². The summed E-state index contributed by atoms with van der Waals surface area (Å²) in [5.74, 6) is 1.37. The number of anilines is 1. The zero-order valence-electron chi connectivity index (χ0n) is 18.1. The molecule has 33 heavy (non-hydrogen) atoms. The Bertz CT molecular complexity index is 1240. The van der Waals surface area contributed by atoms with Crippen LogP contribution in [-0.2, 0) is 4.79 Å². The van der Waals surface area contributed by atoms with Crippen LogP contribution in [0.4, 0.5) is 5.69 Å². The van der Waals surface area contributed by atoms with E-state index in [9.17, 15) is 4.79 Å². The van der Waals surface area contributed by atoms with E-state index in [1.165, 1.54) is 11.8 Å². The molecule has 0 radical (unpaired) electrons.